The molecule has 486 valence electrons. The summed E-state index contributed by atoms with van der Waals surface area (Å²) in [4.78, 5) is 13.3. The molecule has 0 aromatic carbocycles. The predicted octanol–water partition coefficient (Wildman–Crippen LogP) is 13.2. The second-order valence-corrected chi connectivity index (χ2v) is 23.6. The number of amides is 1. The second-order valence-electron chi connectivity index (χ2n) is 23.6. The van der Waals surface area contributed by atoms with Gasteiger partial charge in [-0.05, 0) is 70.6 Å². The zero-order valence-corrected chi connectivity index (χ0v) is 52.6. The number of allylic oxidation sites excluding steroid dienone is 13. The number of nitrogens with one attached hydrogen (secondary N) is 1. The van der Waals surface area contributed by atoms with Crippen LogP contribution in [-0.4, -0.2) is 140 Å². The number of unbranched alkanes of at least 4 members (excludes halogenated alkanes) is 29. The average molecular weight is 1190 g/mol. The van der Waals surface area contributed by atoms with E-state index in [0.717, 1.165) is 83.5 Å². The molecule has 2 saturated heterocycles. The van der Waals surface area contributed by atoms with Crippen LogP contribution in [-0.2, 0) is 23.7 Å². The smallest absolute Gasteiger partial charge is 0.220 e. The van der Waals surface area contributed by atoms with E-state index in [-0.39, 0.29) is 18.9 Å². The van der Waals surface area contributed by atoms with Gasteiger partial charge < -0.3 is 65.1 Å². The maximum absolute atomic E-state index is 13.3. The molecule has 2 aliphatic rings. The van der Waals surface area contributed by atoms with Crippen LogP contribution in [0.5, 0.6) is 0 Å². The lowest BCUT2D eigenvalue weighted by atomic mass is 9.97. The minimum Gasteiger partial charge on any atom is -0.394 e. The molecule has 0 saturated carbocycles. The van der Waals surface area contributed by atoms with Crippen molar-refractivity contribution in [3.63, 3.8) is 0 Å². The van der Waals surface area contributed by atoms with Crippen LogP contribution in [0.1, 0.15) is 258 Å². The van der Waals surface area contributed by atoms with Gasteiger partial charge in [0.05, 0.1) is 32.0 Å². The van der Waals surface area contributed by atoms with E-state index in [1.807, 2.05) is 6.08 Å². The van der Waals surface area contributed by atoms with Crippen molar-refractivity contribution in [2.75, 3.05) is 19.8 Å². The maximum atomic E-state index is 13.3. The van der Waals surface area contributed by atoms with Crippen molar-refractivity contribution in [3.8, 4) is 0 Å². The highest BCUT2D eigenvalue weighted by molar-refractivity contribution is 5.76. The largest absolute Gasteiger partial charge is 0.394 e. The number of ether oxygens (including phenoxy) is 4. The van der Waals surface area contributed by atoms with Gasteiger partial charge in [-0.15, -0.1) is 0 Å². The first-order valence-electron chi connectivity index (χ1n) is 33.8. The second kappa shape index (κ2) is 54.3. The first-order chi connectivity index (χ1) is 41.1. The number of carbonyl (C=O) groups is 1. The first kappa shape index (κ1) is 77.3. The molecule has 12 atom stereocenters. The Kier molecular flexibility index (Phi) is 50.0. The monoisotopic (exact) mass is 1190 g/mol. The molecule has 9 N–H and O–H groups in total. The summed E-state index contributed by atoms with van der Waals surface area (Å²) in [5.41, 5.74) is 0. The predicted molar refractivity (Wildman–Crippen MR) is 341 cm³/mol. The molecular weight excluding hydrogens is 1060 g/mol. The van der Waals surface area contributed by atoms with Crippen LogP contribution in [0.3, 0.4) is 0 Å². The molecule has 0 radical (unpaired) electrons. The lowest BCUT2D eigenvalue weighted by molar-refractivity contribution is -0.359. The molecule has 0 spiro atoms. The van der Waals surface area contributed by atoms with Crippen LogP contribution < -0.4 is 5.32 Å². The number of rotatable bonds is 54. The highest BCUT2D eigenvalue weighted by atomic mass is 16.7. The number of aliphatic hydroxyl groups excluding tert-OH is 8. The lowest BCUT2D eigenvalue weighted by Gasteiger charge is -2.46. The Labute approximate surface area is 510 Å². The van der Waals surface area contributed by atoms with Crippen LogP contribution >= 0.6 is 0 Å². The van der Waals surface area contributed by atoms with Gasteiger partial charge >= 0.3 is 0 Å². The van der Waals surface area contributed by atoms with Crippen molar-refractivity contribution in [1.29, 1.82) is 0 Å². The molecule has 2 aliphatic heterocycles. The molecule has 2 rings (SSSR count). The molecule has 0 bridgehead atoms. The third-order valence-electron chi connectivity index (χ3n) is 16.1. The Morgan fingerprint density at radius 1 is 0.440 bits per heavy atom. The average Bonchev–Trinajstić information content (AvgIpc) is 3.18. The molecule has 0 aromatic heterocycles. The van der Waals surface area contributed by atoms with Crippen LogP contribution in [0.15, 0.2) is 85.1 Å². The summed E-state index contributed by atoms with van der Waals surface area (Å²) < 4.78 is 22.8. The van der Waals surface area contributed by atoms with E-state index < -0.39 is 86.8 Å². The number of hydrogen-bond acceptors (Lipinski definition) is 13. The van der Waals surface area contributed by atoms with Gasteiger partial charge in [-0.1, -0.05) is 266 Å². The number of hydrogen-bond donors (Lipinski definition) is 9. The normalized spacial score (nSPS) is 24.2. The van der Waals surface area contributed by atoms with Crippen LogP contribution in [0, 0.1) is 0 Å². The topological polar surface area (TPSA) is 228 Å². The van der Waals surface area contributed by atoms with E-state index in [4.69, 9.17) is 18.9 Å². The van der Waals surface area contributed by atoms with Gasteiger partial charge in [-0.2, -0.15) is 0 Å². The Balaban J connectivity index is 1.73. The van der Waals surface area contributed by atoms with Gasteiger partial charge in [0.1, 0.15) is 48.8 Å². The third-order valence-corrected chi connectivity index (χ3v) is 16.1. The van der Waals surface area contributed by atoms with Crippen LogP contribution in [0.4, 0.5) is 0 Å². The minimum atomic E-state index is -1.80. The standard InChI is InChI=1S/C70H123NO13/c1-3-5-7-9-11-13-15-17-19-21-23-25-27-28-29-30-32-33-35-37-39-41-43-45-47-49-51-53-59(74)58(57-81-69-67(80)65(78)68(61(56-73)83-69)84-70-66(79)64(77)63(76)60(55-72)82-70)71-62(75)54-52-50-48-46-44-42-40-38-36-34-31-26-24-22-20-18-16-14-12-10-8-6-4-2/h6,8,12,14,18,20,24,26,34,36,40,42,51,53,58-61,63-70,72-74,76-80H,3-5,7,9-11,13,15-17,19,21-23,25,27-33,35,37-39,41,43-50,52,54-57H2,1-2H3,(H,71,75)/b8-6-,14-12-,20-18-,26-24-,36-34-,42-40-,53-51+. The van der Waals surface area contributed by atoms with E-state index in [0.29, 0.717) is 6.42 Å². The molecule has 14 nitrogen and oxygen atoms in total. The quantitative estimate of drug-likeness (QED) is 0.0204. The Bertz CT molecular complexity index is 1730. The number of aliphatic hydroxyl groups is 8. The Hall–Kier alpha value is -2.83. The first-order valence-corrected chi connectivity index (χ1v) is 33.8. The zero-order chi connectivity index (χ0) is 60.9. The van der Waals surface area contributed by atoms with E-state index in [2.05, 4.69) is 92.1 Å². The summed E-state index contributed by atoms with van der Waals surface area (Å²) in [6, 6.07) is -0.936. The Morgan fingerprint density at radius 2 is 0.821 bits per heavy atom. The van der Waals surface area contributed by atoms with Gasteiger partial charge in [-0.25, -0.2) is 0 Å². The molecule has 0 aromatic rings. The van der Waals surface area contributed by atoms with E-state index in [1.165, 1.54) is 148 Å². The van der Waals surface area contributed by atoms with Crippen LogP contribution in [0.2, 0.25) is 0 Å². The van der Waals surface area contributed by atoms with Gasteiger partial charge in [0.2, 0.25) is 5.91 Å². The lowest BCUT2D eigenvalue weighted by Crippen LogP contribution is -2.65. The summed E-state index contributed by atoms with van der Waals surface area (Å²) in [5, 5.41) is 87.4. The molecular formula is C70H123NO13. The molecule has 84 heavy (non-hydrogen) atoms. The SMILES string of the molecule is CC/C=C\C/C=C\C/C=C\C/C=C\C/C=C\C/C=C\CCCCCCC(=O)NC(COC1OC(CO)C(OC2OC(CO)C(O)C(O)C2O)C(O)C1O)C(O)/C=C/CCCCCCCCCCCCCCCCCCCCCCCCCCC. The van der Waals surface area contributed by atoms with Gasteiger partial charge in [-0.3, -0.25) is 4.79 Å². The molecule has 14 heteroatoms. The van der Waals surface area contributed by atoms with Crippen molar-refractivity contribution in [2.45, 2.75) is 331 Å². The summed E-state index contributed by atoms with van der Waals surface area (Å²) >= 11 is 0. The number of carbonyl (C=O) groups excluding carboxylic acids is 1. The van der Waals surface area contributed by atoms with Crippen LogP contribution in [0.25, 0.3) is 0 Å². The fourth-order valence-corrected chi connectivity index (χ4v) is 10.7. The fraction of sp³-hybridized carbons (Fsp3) is 0.786. The van der Waals surface area contributed by atoms with E-state index in [1.54, 1.807) is 6.08 Å². The third kappa shape index (κ3) is 38.4. The summed E-state index contributed by atoms with van der Waals surface area (Å²) in [5.74, 6) is -0.264. The maximum Gasteiger partial charge on any atom is 0.220 e. The van der Waals surface area contributed by atoms with Crippen molar-refractivity contribution in [1.82, 2.24) is 5.32 Å². The van der Waals surface area contributed by atoms with Gasteiger partial charge in [0.15, 0.2) is 12.6 Å². The summed E-state index contributed by atoms with van der Waals surface area (Å²) in [7, 11) is 0. The summed E-state index contributed by atoms with van der Waals surface area (Å²) in [6.45, 7) is 2.69. The Morgan fingerprint density at radius 3 is 1.26 bits per heavy atom. The van der Waals surface area contributed by atoms with Gasteiger partial charge in [0.25, 0.3) is 0 Å². The highest BCUT2D eigenvalue weighted by Crippen LogP contribution is 2.30. The van der Waals surface area contributed by atoms with E-state index in [9.17, 15) is 45.6 Å². The molecule has 1 amide bonds. The zero-order valence-electron chi connectivity index (χ0n) is 52.6. The van der Waals surface area contributed by atoms with Crippen molar-refractivity contribution >= 4 is 5.91 Å². The van der Waals surface area contributed by atoms with Gasteiger partial charge in [0, 0.05) is 6.42 Å². The molecule has 2 heterocycles. The van der Waals surface area contributed by atoms with Crippen molar-refractivity contribution < 1.29 is 64.6 Å². The fourth-order valence-electron chi connectivity index (χ4n) is 10.7. The summed E-state index contributed by atoms with van der Waals surface area (Å²) in [6.07, 6.45) is 57.7. The van der Waals surface area contributed by atoms with Crippen molar-refractivity contribution in [3.05, 3.63) is 85.1 Å². The highest BCUT2D eigenvalue weighted by Gasteiger charge is 2.51. The molecule has 0 aliphatic carbocycles. The van der Waals surface area contributed by atoms with E-state index >= 15 is 0 Å². The minimum absolute atomic E-state index is 0.247. The molecule has 2 fully saturated rings. The van der Waals surface area contributed by atoms with Crippen molar-refractivity contribution in [2.24, 2.45) is 0 Å². The molecule has 12 unspecified atom stereocenters.